The molecular weight excluding hydrogens is 454 g/mol. The second-order valence-corrected chi connectivity index (χ2v) is 9.17. The Morgan fingerprint density at radius 1 is 0.970 bits per heavy atom. The van der Waals surface area contributed by atoms with Crippen molar-refractivity contribution in [2.75, 3.05) is 10.2 Å². The Kier molecular flexibility index (Phi) is 7.32. The third-order valence-electron chi connectivity index (χ3n) is 5.10. The minimum absolute atomic E-state index is 0.0266. The molecule has 1 heterocycles. The standard InChI is InChI=1S/C25H24ClN5OS/c1-18(24(32)31(21-9-5-3-6-10-21)22-11-7-4-8-12-22)33-25-29-28-23(30(25)2)17-27-20-15-13-19(26)14-16-20/h3-16,18,27H,17H2,1-2H3/t18-/m1/s1. The van der Waals surface area contributed by atoms with Gasteiger partial charge in [0, 0.05) is 29.1 Å². The Morgan fingerprint density at radius 2 is 1.55 bits per heavy atom. The molecule has 0 radical (unpaired) electrons. The number of nitrogens with one attached hydrogen (secondary N) is 1. The molecule has 6 nitrogen and oxygen atoms in total. The number of hydrogen-bond donors (Lipinski definition) is 1. The fourth-order valence-corrected chi connectivity index (χ4v) is 4.30. The first-order chi connectivity index (χ1) is 16.0. The van der Waals surface area contributed by atoms with Crippen molar-refractivity contribution in [3.8, 4) is 0 Å². The van der Waals surface area contributed by atoms with Crippen LogP contribution in [0.4, 0.5) is 17.1 Å². The summed E-state index contributed by atoms with van der Waals surface area (Å²) in [5, 5.41) is 12.9. The molecule has 1 atom stereocenters. The zero-order chi connectivity index (χ0) is 23.2. The molecule has 0 unspecified atom stereocenters. The molecule has 0 aliphatic heterocycles. The lowest BCUT2D eigenvalue weighted by Crippen LogP contribution is -2.33. The highest BCUT2D eigenvalue weighted by Crippen LogP contribution is 2.30. The van der Waals surface area contributed by atoms with Crippen LogP contribution in [0.3, 0.4) is 0 Å². The van der Waals surface area contributed by atoms with E-state index in [-0.39, 0.29) is 11.2 Å². The van der Waals surface area contributed by atoms with Gasteiger partial charge in [-0.05, 0) is 55.5 Å². The highest BCUT2D eigenvalue weighted by atomic mass is 35.5. The zero-order valence-electron chi connectivity index (χ0n) is 18.4. The quantitative estimate of drug-likeness (QED) is 0.319. The van der Waals surface area contributed by atoms with Crippen molar-refractivity contribution < 1.29 is 4.79 Å². The van der Waals surface area contributed by atoms with E-state index < -0.39 is 0 Å². The lowest BCUT2D eigenvalue weighted by atomic mass is 10.2. The molecule has 0 aliphatic rings. The molecule has 168 valence electrons. The maximum Gasteiger partial charge on any atom is 0.244 e. The number of aromatic nitrogens is 3. The van der Waals surface area contributed by atoms with Gasteiger partial charge in [0.2, 0.25) is 5.91 Å². The molecular formula is C25H24ClN5OS. The van der Waals surface area contributed by atoms with Crippen LogP contribution in [0, 0.1) is 0 Å². The van der Waals surface area contributed by atoms with E-state index >= 15 is 0 Å². The molecule has 0 spiro atoms. The highest BCUT2D eigenvalue weighted by molar-refractivity contribution is 8.00. The summed E-state index contributed by atoms with van der Waals surface area (Å²) in [6.07, 6.45) is 0. The van der Waals surface area contributed by atoms with Gasteiger partial charge in [0.15, 0.2) is 11.0 Å². The van der Waals surface area contributed by atoms with E-state index in [1.807, 2.05) is 103 Å². The lowest BCUT2D eigenvalue weighted by Gasteiger charge is -2.25. The van der Waals surface area contributed by atoms with Crippen LogP contribution in [0.1, 0.15) is 12.7 Å². The van der Waals surface area contributed by atoms with Crippen LogP contribution in [-0.2, 0) is 18.4 Å². The van der Waals surface area contributed by atoms with Gasteiger partial charge in [-0.25, -0.2) is 0 Å². The number of rotatable bonds is 8. The molecule has 0 saturated heterocycles. The average molecular weight is 478 g/mol. The minimum atomic E-state index is -0.370. The van der Waals surface area contributed by atoms with Gasteiger partial charge in [-0.1, -0.05) is 59.8 Å². The van der Waals surface area contributed by atoms with Gasteiger partial charge in [-0.2, -0.15) is 0 Å². The summed E-state index contributed by atoms with van der Waals surface area (Å²) in [4.78, 5) is 15.3. The van der Waals surface area contributed by atoms with Gasteiger partial charge in [0.05, 0.1) is 11.8 Å². The molecule has 4 rings (SSSR count). The van der Waals surface area contributed by atoms with Crippen molar-refractivity contribution >= 4 is 46.3 Å². The smallest absolute Gasteiger partial charge is 0.244 e. The van der Waals surface area contributed by atoms with Crippen molar-refractivity contribution in [3.05, 3.63) is 95.8 Å². The monoisotopic (exact) mass is 477 g/mol. The van der Waals surface area contributed by atoms with E-state index in [1.54, 1.807) is 4.90 Å². The molecule has 0 fully saturated rings. The second-order valence-electron chi connectivity index (χ2n) is 7.42. The normalized spacial score (nSPS) is 11.7. The van der Waals surface area contributed by atoms with Crippen LogP contribution < -0.4 is 10.2 Å². The molecule has 1 amide bonds. The van der Waals surface area contributed by atoms with Crippen LogP contribution in [0.15, 0.2) is 90.1 Å². The van der Waals surface area contributed by atoms with Gasteiger partial charge < -0.3 is 9.88 Å². The Labute approximate surface area is 202 Å². The van der Waals surface area contributed by atoms with E-state index in [2.05, 4.69) is 15.5 Å². The number of halogens is 1. The largest absolute Gasteiger partial charge is 0.378 e. The van der Waals surface area contributed by atoms with Crippen molar-refractivity contribution in [2.45, 2.75) is 23.9 Å². The predicted octanol–water partition coefficient (Wildman–Crippen LogP) is 5.93. The predicted molar refractivity (Wildman–Crippen MR) is 135 cm³/mol. The van der Waals surface area contributed by atoms with E-state index in [4.69, 9.17) is 11.6 Å². The van der Waals surface area contributed by atoms with E-state index in [1.165, 1.54) is 11.8 Å². The molecule has 1 aromatic heterocycles. The Bertz CT molecular complexity index is 1160. The molecule has 1 N–H and O–H groups in total. The molecule has 0 bridgehead atoms. The van der Waals surface area contributed by atoms with Crippen molar-refractivity contribution in [1.29, 1.82) is 0 Å². The van der Waals surface area contributed by atoms with Crippen LogP contribution in [0.25, 0.3) is 0 Å². The van der Waals surface area contributed by atoms with Crippen LogP contribution in [0.5, 0.6) is 0 Å². The van der Waals surface area contributed by atoms with E-state index in [0.29, 0.717) is 16.7 Å². The number of thioether (sulfide) groups is 1. The summed E-state index contributed by atoms with van der Waals surface area (Å²) < 4.78 is 1.91. The third-order valence-corrected chi connectivity index (χ3v) is 6.47. The molecule has 4 aromatic rings. The van der Waals surface area contributed by atoms with E-state index in [0.717, 1.165) is 22.9 Å². The fraction of sp³-hybridized carbons (Fsp3) is 0.160. The number of carbonyl (C=O) groups is 1. The zero-order valence-corrected chi connectivity index (χ0v) is 19.9. The van der Waals surface area contributed by atoms with Crippen LogP contribution in [0.2, 0.25) is 5.02 Å². The molecule has 0 saturated carbocycles. The average Bonchev–Trinajstić information content (AvgIpc) is 3.19. The summed E-state index contributed by atoms with van der Waals surface area (Å²) in [5.74, 6) is 0.747. The lowest BCUT2D eigenvalue weighted by molar-refractivity contribution is -0.117. The topological polar surface area (TPSA) is 63.1 Å². The van der Waals surface area contributed by atoms with Gasteiger partial charge >= 0.3 is 0 Å². The first-order valence-electron chi connectivity index (χ1n) is 10.5. The number of amides is 1. The maximum atomic E-state index is 13.5. The number of anilines is 3. The summed E-state index contributed by atoms with van der Waals surface area (Å²) in [6.45, 7) is 2.40. The molecule has 3 aromatic carbocycles. The summed E-state index contributed by atoms with van der Waals surface area (Å²) in [5.41, 5.74) is 2.60. The second kappa shape index (κ2) is 10.6. The Hall–Kier alpha value is -3.29. The summed E-state index contributed by atoms with van der Waals surface area (Å²) in [6, 6.07) is 26.8. The van der Waals surface area contributed by atoms with Gasteiger partial charge in [0.1, 0.15) is 0 Å². The number of para-hydroxylation sites is 2. The number of hydrogen-bond acceptors (Lipinski definition) is 5. The number of nitrogens with zero attached hydrogens (tertiary/aromatic N) is 4. The van der Waals surface area contributed by atoms with E-state index in [9.17, 15) is 4.79 Å². The fourth-order valence-electron chi connectivity index (χ4n) is 3.30. The first-order valence-corrected chi connectivity index (χ1v) is 11.8. The van der Waals surface area contributed by atoms with Gasteiger partial charge in [-0.15, -0.1) is 10.2 Å². The minimum Gasteiger partial charge on any atom is -0.378 e. The van der Waals surface area contributed by atoms with Crippen LogP contribution in [-0.4, -0.2) is 25.9 Å². The van der Waals surface area contributed by atoms with Crippen LogP contribution >= 0.6 is 23.4 Å². The molecule has 33 heavy (non-hydrogen) atoms. The maximum absolute atomic E-state index is 13.5. The Balaban J connectivity index is 1.48. The van der Waals surface area contributed by atoms with Gasteiger partial charge in [0.25, 0.3) is 0 Å². The SMILES string of the molecule is C[C@@H](Sc1nnc(CNc2ccc(Cl)cc2)n1C)C(=O)N(c1ccccc1)c1ccccc1. The van der Waals surface area contributed by atoms with Gasteiger partial charge in [-0.3, -0.25) is 9.69 Å². The highest BCUT2D eigenvalue weighted by Gasteiger charge is 2.26. The number of carbonyl (C=O) groups excluding carboxylic acids is 1. The summed E-state index contributed by atoms with van der Waals surface area (Å²) >= 11 is 7.34. The number of benzene rings is 3. The van der Waals surface area contributed by atoms with Crippen molar-refractivity contribution in [3.63, 3.8) is 0 Å². The van der Waals surface area contributed by atoms with Crippen molar-refractivity contribution in [1.82, 2.24) is 14.8 Å². The molecule has 8 heteroatoms. The molecule has 0 aliphatic carbocycles. The van der Waals surface area contributed by atoms with Crippen molar-refractivity contribution in [2.24, 2.45) is 7.05 Å². The first kappa shape index (κ1) is 22.9. The summed E-state index contributed by atoms with van der Waals surface area (Å²) in [7, 11) is 1.91. The third kappa shape index (κ3) is 5.56. The Morgan fingerprint density at radius 3 is 2.12 bits per heavy atom.